The fourth-order valence-corrected chi connectivity index (χ4v) is 10.4. The molecule has 0 aliphatic carbocycles. The van der Waals surface area contributed by atoms with Gasteiger partial charge in [0.25, 0.3) is 0 Å². The van der Waals surface area contributed by atoms with E-state index in [1.54, 1.807) is 6.08 Å². The third-order valence-corrected chi connectivity index (χ3v) is 15.1. The van der Waals surface area contributed by atoms with Crippen molar-refractivity contribution in [2.24, 2.45) is 0 Å². The molecule has 5 saturated heterocycles. The van der Waals surface area contributed by atoms with Gasteiger partial charge in [0, 0.05) is 6.92 Å². The lowest BCUT2D eigenvalue weighted by Crippen LogP contribution is -2.70. The van der Waals surface area contributed by atoms with Crippen LogP contribution in [-0.4, -0.2) is 299 Å². The molecule has 30 nitrogen and oxygen atoms in total. The first-order chi connectivity index (χ1) is 38.8. The summed E-state index contributed by atoms with van der Waals surface area (Å²) in [5.74, 6) is -0.816. The monoisotopic (exact) mass is 1180 g/mol. The van der Waals surface area contributed by atoms with Crippen LogP contribution in [0, 0.1) is 0 Å². The predicted molar refractivity (Wildman–Crippen MR) is 271 cm³/mol. The lowest BCUT2D eigenvalue weighted by molar-refractivity contribution is -0.389. The van der Waals surface area contributed by atoms with Crippen molar-refractivity contribution in [2.75, 3.05) is 39.6 Å². The van der Waals surface area contributed by atoms with Gasteiger partial charge in [0.05, 0.1) is 51.8 Å². The summed E-state index contributed by atoms with van der Waals surface area (Å²) in [6.07, 6.45) is -28.8. The third-order valence-electron chi connectivity index (χ3n) is 15.1. The van der Waals surface area contributed by atoms with Gasteiger partial charge in [-0.3, -0.25) is 9.59 Å². The van der Waals surface area contributed by atoms with Gasteiger partial charge in [-0.25, -0.2) is 0 Å². The molecule has 2 amide bonds. The standard InChI is InChI=1S/C51H90N2O28/c1-3-4-5-6-7-8-9-10-11-12-13-14-15-16-26(61)25(52-23-59)22-72-48-40(69)37(66)43(30(20-57)76-48)78-50-41(70)38(67)44(31(21-58)77-50)79-51-42(71)46(35(64)29(19-56)75-51)81-47-32(53-24(2)60)45(34(63)28(18-55)73-47)80-49-39(68)36(65)33(62)27(17-54)74-49/h15-16,23,25-51,54-58,61-71H,3-14,17-22H2,1-2H3,(H,52,59)(H,53,60)/b16-15+/t25-,26+,27+,28+,29+,30+,31+,32+,33-,34-,35-,36-,37+,38+,39+,40+,41+,42+,43+,44-,45+,46-,47-,48+,49-,50-,51+/m0/s1. The van der Waals surface area contributed by atoms with E-state index in [0.717, 1.165) is 26.2 Å². The smallest absolute Gasteiger partial charge is 0.217 e. The van der Waals surface area contributed by atoms with Crippen molar-refractivity contribution in [2.45, 2.75) is 257 Å². The van der Waals surface area contributed by atoms with Gasteiger partial charge in [0.2, 0.25) is 12.3 Å². The van der Waals surface area contributed by atoms with Crippen molar-refractivity contribution in [3.05, 3.63) is 12.2 Å². The van der Waals surface area contributed by atoms with Crippen LogP contribution in [0.4, 0.5) is 0 Å². The van der Waals surface area contributed by atoms with Crippen molar-refractivity contribution in [1.82, 2.24) is 10.6 Å². The number of aliphatic hydroxyl groups excluding tert-OH is 16. The highest BCUT2D eigenvalue weighted by Gasteiger charge is 2.57. The summed E-state index contributed by atoms with van der Waals surface area (Å²) < 4.78 is 57.4. The zero-order valence-corrected chi connectivity index (χ0v) is 45.6. The van der Waals surface area contributed by atoms with Crippen molar-refractivity contribution in [3.63, 3.8) is 0 Å². The normalized spacial score (nSPS) is 41.2. The predicted octanol–water partition coefficient (Wildman–Crippen LogP) is -7.02. The zero-order chi connectivity index (χ0) is 59.5. The maximum Gasteiger partial charge on any atom is 0.217 e. The summed E-state index contributed by atoms with van der Waals surface area (Å²) in [5, 5.41) is 178. The van der Waals surface area contributed by atoms with Crippen LogP contribution >= 0.6 is 0 Å². The Morgan fingerprint density at radius 2 is 0.889 bits per heavy atom. The Morgan fingerprint density at radius 3 is 1.40 bits per heavy atom. The van der Waals surface area contributed by atoms with Gasteiger partial charge in [0.15, 0.2) is 31.5 Å². The quantitative estimate of drug-likeness (QED) is 0.0165. The second-order valence-corrected chi connectivity index (χ2v) is 21.1. The van der Waals surface area contributed by atoms with Crippen LogP contribution < -0.4 is 10.6 Å². The molecule has 472 valence electrons. The molecule has 5 rings (SSSR count). The number of carbonyl (C=O) groups is 2. The maximum atomic E-state index is 12.6. The summed E-state index contributed by atoms with van der Waals surface area (Å²) >= 11 is 0. The number of allylic oxidation sites excluding steroid dienone is 1. The van der Waals surface area contributed by atoms with Crippen LogP contribution in [0.1, 0.15) is 90.9 Å². The highest BCUT2D eigenvalue weighted by Crippen LogP contribution is 2.36. The van der Waals surface area contributed by atoms with Crippen LogP contribution in [0.2, 0.25) is 0 Å². The SMILES string of the molecule is CCCCCCCCCCCCC/C=C/[C@@H](O)[C@H](CO[C@@H]1O[C@H](CO)[C@@H](O[C@@H]2O[C@H](CO)[C@H](O[C@H]3O[C@H](CO)[C@H](O)[C@H](O[C@@H]4O[C@H](CO)[C@H](O)[C@H](O[C@@H]5O[C@H](CO)[C@H](O)[C@H](O)[C@H]5O)[C@H]4NC(C)=O)[C@H]3O)[C@H](O)[C@H]2O)[C@H](O)[C@H]1O)NC=O. The number of nitrogens with one attached hydrogen (secondary N) is 2. The molecule has 0 spiro atoms. The molecule has 5 aliphatic heterocycles. The molecule has 18 N–H and O–H groups in total. The fraction of sp³-hybridized carbons (Fsp3) is 0.922. The summed E-state index contributed by atoms with van der Waals surface area (Å²) in [6.45, 7) is -1.94. The molecule has 5 aliphatic rings. The molecule has 0 saturated carbocycles. The number of rotatable bonds is 33. The molecule has 0 aromatic heterocycles. The minimum Gasteiger partial charge on any atom is -0.394 e. The van der Waals surface area contributed by atoms with E-state index in [9.17, 15) is 91.3 Å². The van der Waals surface area contributed by atoms with Crippen LogP contribution in [-0.2, 0) is 57.0 Å². The van der Waals surface area contributed by atoms with Gasteiger partial charge in [-0.05, 0) is 12.8 Å². The molecule has 27 atom stereocenters. The Hall–Kier alpha value is -2.36. The number of hydrogen-bond acceptors (Lipinski definition) is 28. The summed E-state index contributed by atoms with van der Waals surface area (Å²) in [5.41, 5.74) is 0. The summed E-state index contributed by atoms with van der Waals surface area (Å²) in [6, 6.07) is -2.73. The van der Waals surface area contributed by atoms with E-state index in [2.05, 4.69) is 17.6 Å². The summed E-state index contributed by atoms with van der Waals surface area (Å²) in [7, 11) is 0. The highest BCUT2D eigenvalue weighted by atomic mass is 16.8. The Kier molecular flexibility index (Phi) is 29.7. The van der Waals surface area contributed by atoms with Gasteiger partial charge in [0.1, 0.15) is 122 Å². The molecular formula is C51H90N2O28. The number of carbonyl (C=O) groups excluding carboxylic acids is 2. The molecule has 81 heavy (non-hydrogen) atoms. The van der Waals surface area contributed by atoms with Gasteiger partial charge in [-0.2, -0.15) is 0 Å². The zero-order valence-electron chi connectivity index (χ0n) is 45.6. The molecule has 5 fully saturated rings. The molecule has 0 radical (unpaired) electrons. The molecule has 0 aromatic rings. The molecule has 0 unspecified atom stereocenters. The molecular weight excluding hydrogens is 1090 g/mol. The van der Waals surface area contributed by atoms with Crippen LogP contribution in [0.5, 0.6) is 0 Å². The lowest BCUT2D eigenvalue weighted by atomic mass is 9.94. The van der Waals surface area contributed by atoms with E-state index in [0.29, 0.717) is 12.8 Å². The van der Waals surface area contributed by atoms with Crippen LogP contribution in [0.3, 0.4) is 0 Å². The van der Waals surface area contributed by atoms with Gasteiger partial charge in [-0.1, -0.05) is 83.3 Å². The maximum absolute atomic E-state index is 12.6. The van der Waals surface area contributed by atoms with Crippen LogP contribution in [0.25, 0.3) is 0 Å². The third kappa shape index (κ3) is 18.6. The second kappa shape index (κ2) is 34.7. The molecule has 5 heterocycles. The van der Waals surface area contributed by atoms with E-state index in [-0.39, 0.29) is 0 Å². The second-order valence-electron chi connectivity index (χ2n) is 21.1. The first kappa shape index (κ1) is 69.4. The first-order valence-electron chi connectivity index (χ1n) is 28.0. The molecule has 0 bridgehead atoms. The van der Waals surface area contributed by atoms with Gasteiger partial charge >= 0.3 is 0 Å². The Balaban J connectivity index is 1.19. The van der Waals surface area contributed by atoms with E-state index >= 15 is 0 Å². The van der Waals surface area contributed by atoms with Crippen molar-refractivity contribution in [3.8, 4) is 0 Å². The van der Waals surface area contributed by atoms with Crippen molar-refractivity contribution in [1.29, 1.82) is 0 Å². The minimum atomic E-state index is -2.18. The van der Waals surface area contributed by atoms with E-state index in [1.165, 1.54) is 57.4 Å². The Bertz CT molecular complexity index is 1810. The molecule has 30 heteroatoms. The van der Waals surface area contributed by atoms with Gasteiger partial charge in [-0.15, -0.1) is 0 Å². The Morgan fingerprint density at radius 1 is 0.481 bits per heavy atom. The minimum absolute atomic E-state index is 0.348. The number of hydrogen-bond donors (Lipinski definition) is 18. The van der Waals surface area contributed by atoms with E-state index in [4.69, 9.17) is 47.4 Å². The average molecular weight is 1180 g/mol. The first-order valence-corrected chi connectivity index (χ1v) is 28.0. The molecule has 0 aromatic carbocycles. The number of aliphatic hydroxyl groups is 16. The highest BCUT2D eigenvalue weighted by molar-refractivity contribution is 5.73. The number of unbranched alkanes of at least 4 members (excludes halogenated alkanes) is 11. The number of amides is 2. The van der Waals surface area contributed by atoms with E-state index in [1.807, 2.05) is 0 Å². The average Bonchev–Trinajstić information content (AvgIpc) is 3.48. The fourth-order valence-electron chi connectivity index (χ4n) is 10.4. The van der Waals surface area contributed by atoms with Crippen molar-refractivity contribution >= 4 is 12.3 Å². The van der Waals surface area contributed by atoms with Gasteiger partial charge < -0.3 is 140 Å². The van der Waals surface area contributed by atoms with E-state index < -0.39 is 211 Å². The lowest BCUT2D eigenvalue weighted by Gasteiger charge is -2.50. The van der Waals surface area contributed by atoms with Crippen molar-refractivity contribution < 1.29 is 139 Å². The topological polar surface area (TPSA) is 474 Å². The summed E-state index contributed by atoms with van der Waals surface area (Å²) in [4.78, 5) is 24.0. The Labute approximate surface area is 469 Å². The van der Waals surface area contributed by atoms with Crippen LogP contribution in [0.15, 0.2) is 12.2 Å². The number of ether oxygens (including phenoxy) is 10. The largest absolute Gasteiger partial charge is 0.394 e.